The van der Waals surface area contributed by atoms with Gasteiger partial charge in [-0.15, -0.1) is 0 Å². The fourth-order valence-electron chi connectivity index (χ4n) is 4.11. The lowest BCUT2D eigenvalue weighted by molar-refractivity contribution is 0.0359. The van der Waals surface area contributed by atoms with Gasteiger partial charge in [-0.3, -0.25) is 0 Å². The van der Waals surface area contributed by atoms with Gasteiger partial charge in [-0.1, -0.05) is 117 Å². The van der Waals surface area contributed by atoms with Crippen molar-refractivity contribution in [2.24, 2.45) is 0 Å². The van der Waals surface area contributed by atoms with Crippen LogP contribution >= 0.6 is 0 Å². The van der Waals surface area contributed by atoms with Gasteiger partial charge in [-0.25, -0.2) is 8.42 Å². The number of aliphatic hydroxyl groups is 2. The van der Waals surface area contributed by atoms with Gasteiger partial charge in [0.1, 0.15) is 0 Å². The second-order valence-corrected chi connectivity index (χ2v) is 12.4. The van der Waals surface area contributed by atoms with Crippen LogP contribution in [0.4, 0.5) is 0 Å². The Labute approximate surface area is 217 Å². The van der Waals surface area contributed by atoms with Crippen molar-refractivity contribution in [1.82, 2.24) is 0 Å². The highest BCUT2D eigenvalue weighted by Gasteiger charge is 2.13. The summed E-state index contributed by atoms with van der Waals surface area (Å²) in [5.41, 5.74) is 0. The second-order valence-electron chi connectivity index (χ2n) is 10.1. The first-order chi connectivity index (χ1) is 16.9. The van der Waals surface area contributed by atoms with Crippen molar-refractivity contribution in [3.05, 3.63) is 0 Å². The molecule has 0 aromatic rings. The monoisotopic (exact) mass is 522 g/mol. The first-order valence-electron chi connectivity index (χ1n) is 14.6. The highest BCUT2D eigenvalue weighted by molar-refractivity contribution is 7.91. The van der Waals surface area contributed by atoms with Crippen LogP contribution in [0.15, 0.2) is 0 Å². The number of unbranched alkanes of at least 4 members (excludes halogenated alkanes) is 14. The summed E-state index contributed by atoms with van der Waals surface area (Å²) in [6, 6.07) is 0. The quantitative estimate of drug-likeness (QED) is 0.119. The zero-order valence-corrected chi connectivity index (χ0v) is 23.9. The summed E-state index contributed by atoms with van der Waals surface area (Å²) in [6.07, 6.45) is 20.0. The van der Waals surface area contributed by atoms with Crippen LogP contribution in [-0.2, 0) is 19.3 Å². The molecule has 0 saturated heterocycles. The Morgan fingerprint density at radius 1 is 0.543 bits per heavy atom. The zero-order chi connectivity index (χ0) is 26.0. The number of rotatable bonds is 28. The molecule has 0 spiro atoms. The van der Waals surface area contributed by atoms with Gasteiger partial charge in [0.15, 0.2) is 9.84 Å². The maximum absolute atomic E-state index is 12.1. The van der Waals surface area contributed by atoms with Gasteiger partial charge in [0.05, 0.1) is 50.1 Å². The molecule has 7 heteroatoms. The smallest absolute Gasteiger partial charge is 0.154 e. The molecule has 0 aliphatic rings. The third-order valence-electron chi connectivity index (χ3n) is 6.48. The molecule has 0 aliphatic carbocycles. The van der Waals surface area contributed by atoms with E-state index in [1.807, 2.05) is 0 Å². The lowest BCUT2D eigenvalue weighted by Crippen LogP contribution is -2.23. The Morgan fingerprint density at radius 2 is 0.857 bits per heavy atom. The van der Waals surface area contributed by atoms with Crippen LogP contribution in [0, 0.1) is 0 Å². The van der Waals surface area contributed by atoms with Crippen LogP contribution in [0.25, 0.3) is 0 Å². The van der Waals surface area contributed by atoms with Gasteiger partial charge in [0.2, 0.25) is 0 Å². The van der Waals surface area contributed by atoms with E-state index in [2.05, 4.69) is 13.8 Å². The molecule has 0 aliphatic heterocycles. The van der Waals surface area contributed by atoms with Crippen LogP contribution in [0.5, 0.6) is 0 Å². The van der Waals surface area contributed by atoms with Crippen molar-refractivity contribution >= 4 is 9.84 Å². The van der Waals surface area contributed by atoms with Gasteiger partial charge < -0.3 is 19.7 Å². The Morgan fingerprint density at radius 3 is 1.20 bits per heavy atom. The van der Waals surface area contributed by atoms with Crippen LogP contribution in [0.3, 0.4) is 0 Å². The lowest BCUT2D eigenvalue weighted by Gasteiger charge is -2.12. The Kier molecular flexibility index (Phi) is 25.3. The summed E-state index contributed by atoms with van der Waals surface area (Å²) in [5, 5.41) is 20.0. The zero-order valence-electron chi connectivity index (χ0n) is 23.1. The molecule has 0 amide bonds. The maximum atomic E-state index is 12.1. The molecular formula is C28H58O6S. The summed E-state index contributed by atoms with van der Waals surface area (Å²) >= 11 is 0. The van der Waals surface area contributed by atoms with Gasteiger partial charge in [-0.05, 0) is 12.8 Å². The van der Waals surface area contributed by atoms with Crippen molar-refractivity contribution in [2.45, 2.75) is 142 Å². The first kappa shape index (κ1) is 34.8. The van der Waals surface area contributed by atoms with E-state index in [1.165, 1.54) is 77.0 Å². The van der Waals surface area contributed by atoms with E-state index in [0.717, 1.165) is 25.7 Å². The maximum Gasteiger partial charge on any atom is 0.154 e. The molecular weight excluding hydrogens is 464 g/mol. The van der Waals surface area contributed by atoms with E-state index >= 15 is 0 Å². The van der Waals surface area contributed by atoms with Crippen LogP contribution < -0.4 is 0 Å². The normalized spacial score (nSPS) is 13.8. The number of sulfone groups is 1. The molecule has 0 saturated carbocycles. The number of ether oxygens (including phenoxy) is 2. The average molecular weight is 523 g/mol. The minimum absolute atomic E-state index is 0.0678. The highest BCUT2D eigenvalue weighted by atomic mass is 32.2. The molecule has 35 heavy (non-hydrogen) atoms. The van der Waals surface area contributed by atoms with Gasteiger partial charge >= 0.3 is 0 Å². The lowest BCUT2D eigenvalue weighted by atomic mass is 10.1. The topological polar surface area (TPSA) is 93.1 Å². The SMILES string of the molecule is CCCCCCCCCCC(O)COCCS(=O)(=O)CCOCC(O)CCCCCCCCCC. The predicted molar refractivity (Wildman–Crippen MR) is 147 cm³/mol. The average Bonchev–Trinajstić information content (AvgIpc) is 2.83. The van der Waals surface area contributed by atoms with Crippen LogP contribution in [0.2, 0.25) is 0 Å². The number of hydrogen-bond acceptors (Lipinski definition) is 6. The molecule has 2 atom stereocenters. The highest BCUT2D eigenvalue weighted by Crippen LogP contribution is 2.12. The van der Waals surface area contributed by atoms with E-state index in [1.54, 1.807) is 0 Å². The fraction of sp³-hybridized carbons (Fsp3) is 1.00. The molecule has 0 bridgehead atoms. The Balaban J connectivity index is 3.55. The standard InChI is InChI=1S/C28H58O6S/c1-3-5-7-9-11-13-15-17-19-27(29)25-33-21-23-35(31,32)24-22-34-26-28(30)20-18-16-14-12-10-8-6-4-2/h27-30H,3-26H2,1-2H3. The van der Waals surface area contributed by atoms with E-state index in [4.69, 9.17) is 9.47 Å². The molecule has 0 fully saturated rings. The minimum Gasteiger partial charge on any atom is -0.391 e. The molecule has 0 radical (unpaired) electrons. The number of hydrogen-bond donors (Lipinski definition) is 2. The largest absolute Gasteiger partial charge is 0.391 e. The van der Waals surface area contributed by atoms with Gasteiger partial charge in [0.25, 0.3) is 0 Å². The molecule has 0 rings (SSSR count). The number of aliphatic hydroxyl groups excluding tert-OH is 2. The van der Waals surface area contributed by atoms with E-state index < -0.39 is 22.0 Å². The second kappa shape index (κ2) is 25.4. The third-order valence-corrected chi connectivity index (χ3v) is 8.06. The van der Waals surface area contributed by atoms with Crippen LogP contribution in [0.1, 0.15) is 129 Å². The third kappa shape index (κ3) is 26.7. The van der Waals surface area contributed by atoms with Crippen molar-refractivity contribution in [2.75, 3.05) is 37.9 Å². The Bertz CT molecular complexity index is 486. The molecule has 2 N–H and O–H groups in total. The van der Waals surface area contributed by atoms with E-state index in [0.29, 0.717) is 12.8 Å². The summed E-state index contributed by atoms with van der Waals surface area (Å²) in [7, 11) is -3.26. The van der Waals surface area contributed by atoms with E-state index in [9.17, 15) is 18.6 Å². The molecule has 2 unspecified atom stereocenters. The molecule has 6 nitrogen and oxygen atoms in total. The fourth-order valence-corrected chi connectivity index (χ4v) is 5.05. The van der Waals surface area contributed by atoms with Gasteiger partial charge in [-0.2, -0.15) is 0 Å². The summed E-state index contributed by atoms with van der Waals surface area (Å²) in [4.78, 5) is 0. The molecule has 0 heterocycles. The van der Waals surface area contributed by atoms with Crippen LogP contribution in [-0.4, -0.2) is 68.8 Å². The van der Waals surface area contributed by atoms with Gasteiger partial charge in [0, 0.05) is 0 Å². The van der Waals surface area contributed by atoms with E-state index in [-0.39, 0.29) is 37.9 Å². The Hall–Kier alpha value is -0.210. The van der Waals surface area contributed by atoms with Crippen molar-refractivity contribution in [3.8, 4) is 0 Å². The summed E-state index contributed by atoms with van der Waals surface area (Å²) < 4.78 is 35.0. The molecule has 0 aromatic heterocycles. The van der Waals surface area contributed by atoms with Crippen molar-refractivity contribution in [1.29, 1.82) is 0 Å². The molecule has 0 aromatic carbocycles. The minimum atomic E-state index is -3.26. The van der Waals surface area contributed by atoms with Crippen molar-refractivity contribution in [3.63, 3.8) is 0 Å². The summed E-state index contributed by atoms with van der Waals surface area (Å²) in [5.74, 6) is -0.136. The van der Waals surface area contributed by atoms with Crippen molar-refractivity contribution < 1.29 is 28.1 Å². The predicted octanol–water partition coefficient (Wildman–Crippen LogP) is 6.22. The summed E-state index contributed by atoms with van der Waals surface area (Å²) in [6.45, 7) is 5.01. The molecule has 212 valence electrons. The first-order valence-corrected chi connectivity index (χ1v) is 16.5.